The minimum atomic E-state index is -0.00992. The predicted molar refractivity (Wildman–Crippen MR) is 86.8 cm³/mol. The summed E-state index contributed by atoms with van der Waals surface area (Å²) in [5.41, 5.74) is 3.52. The van der Waals surface area contributed by atoms with Crippen molar-refractivity contribution in [2.24, 2.45) is 7.05 Å². The number of halogens is 1. The van der Waals surface area contributed by atoms with Gasteiger partial charge in [0.2, 0.25) is 0 Å². The number of hydrogen-bond acceptors (Lipinski definition) is 4. The van der Waals surface area contributed by atoms with Crippen LogP contribution in [0.25, 0.3) is 16.9 Å². The Kier molecular flexibility index (Phi) is 3.72. The number of nitrogens with one attached hydrogen (secondary N) is 1. The maximum absolute atomic E-state index is 12.6. The Morgan fingerprint density at radius 3 is 2.77 bits per heavy atom. The summed E-state index contributed by atoms with van der Waals surface area (Å²) in [6.45, 7) is 1.52. The molecule has 0 unspecified atom stereocenters. The molecular weight excluding hydrogens is 302 g/mol. The van der Waals surface area contributed by atoms with Crippen molar-refractivity contribution in [3.05, 3.63) is 52.1 Å². The molecule has 0 spiro atoms. The molecule has 7 heteroatoms. The zero-order valence-electron chi connectivity index (χ0n) is 12.1. The number of para-hydroxylation sites is 2. The number of nitrogens with zero attached hydrogens (tertiary/aromatic N) is 4. The van der Waals surface area contributed by atoms with Crippen molar-refractivity contribution in [3.8, 4) is 5.82 Å². The zero-order chi connectivity index (χ0) is 14.4. The lowest BCUT2D eigenvalue weighted by molar-refractivity contribution is 0.574. The fourth-order valence-corrected chi connectivity index (χ4v) is 2.92. The van der Waals surface area contributed by atoms with Crippen molar-refractivity contribution in [2.75, 3.05) is 6.54 Å². The molecule has 0 atom stereocenters. The normalized spacial score (nSPS) is 13.7. The molecule has 1 N–H and O–H groups in total. The van der Waals surface area contributed by atoms with Crippen LogP contribution in [-0.2, 0) is 20.0 Å². The van der Waals surface area contributed by atoms with E-state index in [1.807, 2.05) is 36.0 Å². The molecule has 0 saturated heterocycles. The van der Waals surface area contributed by atoms with Crippen molar-refractivity contribution in [1.82, 2.24) is 24.6 Å². The van der Waals surface area contributed by atoms with Gasteiger partial charge in [0.15, 0.2) is 5.82 Å². The summed E-state index contributed by atoms with van der Waals surface area (Å²) in [4.78, 5) is 21.6. The minimum absolute atomic E-state index is 0. The summed E-state index contributed by atoms with van der Waals surface area (Å²) >= 11 is 0. The van der Waals surface area contributed by atoms with Crippen LogP contribution < -0.4 is 10.9 Å². The molecule has 0 fully saturated rings. The second kappa shape index (κ2) is 5.55. The van der Waals surface area contributed by atoms with E-state index in [0.29, 0.717) is 12.4 Å². The Hall–Kier alpha value is -2.18. The van der Waals surface area contributed by atoms with Crippen LogP contribution in [0.3, 0.4) is 0 Å². The number of hydrogen-bond donors (Lipinski definition) is 1. The number of aromatic nitrogens is 4. The van der Waals surface area contributed by atoms with E-state index < -0.39 is 0 Å². The van der Waals surface area contributed by atoms with Crippen molar-refractivity contribution < 1.29 is 0 Å². The molecule has 0 saturated carbocycles. The van der Waals surface area contributed by atoms with Gasteiger partial charge in [0.05, 0.1) is 22.8 Å². The molecule has 2 aromatic heterocycles. The summed E-state index contributed by atoms with van der Waals surface area (Å²) in [5, 5.41) is 3.24. The van der Waals surface area contributed by atoms with Crippen molar-refractivity contribution in [3.63, 3.8) is 0 Å². The standard InChI is InChI=1S/C15H15N5O.ClH/c1-19-13-6-7-16-8-10(13)15(21)20(19)14-9-17-11-4-2-3-5-12(11)18-14;/h2-5,9,16H,6-8H2,1H3;1H. The maximum Gasteiger partial charge on any atom is 0.277 e. The second-order valence-electron chi connectivity index (χ2n) is 5.21. The van der Waals surface area contributed by atoms with Crippen LogP contribution in [0.1, 0.15) is 11.3 Å². The average molecular weight is 318 g/mol. The summed E-state index contributed by atoms with van der Waals surface area (Å²) < 4.78 is 3.51. The van der Waals surface area contributed by atoms with Crippen LogP contribution in [0, 0.1) is 0 Å². The van der Waals surface area contributed by atoms with Crippen molar-refractivity contribution in [1.29, 1.82) is 0 Å². The lowest BCUT2D eigenvalue weighted by Crippen LogP contribution is -2.27. The second-order valence-corrected chi connectivity index (χ2v) is 5.21. The molecule has 1 aliphatic heterocycles. The van der Waals surface area contributed by atoms with E-state index in [4.69, 9.17) is 0 Å². The first kappa shape index (κ1) is 14.7. The highest BCUT2D eigenvalue weighted by Gasteiger charge is 2.21. The highest BCUT2D eigenvalue weighted by atomic mass is 35.5. The van der Waals surface area contributed by atoms with Crippen LogP contribution in [0.5, 0.6) is 0 Å². The van der Waals surface area contributed by atoms with Gasteiger partial charge in [-0.2, -0.15) is 4.68 Å². The van der Waals surface area contributed by atoms with Gasteiger partial charge in [-0.25, -0.2) is 4.98 Å². The Morgan fingerprint density at radius 2 is 2.00 bits per heavy atom. The van der Waals surface area contributed by atoms with Gasteiger partial charge in [-0.05, 0) is 12.1 Å². The molecule has 0 bridgehead atoms. The van der Waals surface area contributed by atoms with Crippen LogP contribution in [0.15, 0.2) is 35.3 Å². The van der Waals surface area contributed by atoms with E-state index in [1.54, 1.807) is 10.9 Å². The average Bonchev–Trinajstić information content (AvgIpc) is 2.79. The van der Waals surface area contributed by atoms with Crippen LogP contribution >= 0.6 is 12.4 Å². The van der Waals surface area contributed by atoms with Crippen LogP contribution in [-0.4, -0.2) is 25.9 Å². The van der Waals surface area contributed by atoms with E-state index in [2.05, 4.69) is 15.3 Å². The van der Waals surface area contributed by atoms with Gasteiger partial charge >= 0.3 is 0 Å². The van der Waals surface area contributed by atoms with E-state index in [9.17, 15) is 4.79 Å². The maximum atomic E-state index is 12.6. The third-order valence-electron chi connectivity index (χ3n) is 3.98. The Bertz CT molecular complexity index is 899. The molecule has 3 heterocycles. The zero-order valence-corrected chi connectivity index (χ0v) is 12.9. The summed E-state index contributed by atoms with van der Waals surface area (Å²) in [6.07, 6.45) is 2.51. The van der Waals surface area contributed by atoms with E-state index in [-0.39, 0.29) is 18.0 Å². The SMILES string of the molecule is Cl.Cn1c2c(c(=O)n1-c1cnc3ccccc3n1)CNCC2. The summed E-state index contributed by atoms with van der Waals surface area (Å²) in [5.74, 6) is 0.565. The van der Waals surface area contributed by atoms with Crippen molar-refractivity contribution >= 4 is 23.4 Å². The smallest absolute Gasteiger partial charge is 0.277 e. The minimum Gasteiger partial charge on any atom is -0.312 e. The molecule has 0 amide bonds. The molecule has 1 aromatic carbocycles. The van der Waals surface area contributed by atoms with Gasteiger partial charge < -0.3 is 5.32 Å². The molecule has 22 heavy (non-hydrogen) atoms. The number of benzene rings is 1. The lowest BCUT2D eigenvalue weighted by Gasteiger charge is -2.13. The Morgan fingerprint density at radius 1 is 1.23 bits per heavy atom. The quantitative estimate of drug-likeness (QED) is 0.732. The third-order valence-corrected chi connectivity index (χ3v) is 3.98. The molecule has 114 valence electrons. The topological polar surface area (TPSA) is 64.7 Å². The first-order chi connectivity index (χ1) is 10.3. The highest BCUT2D eigenvalue weighted by molar-refractivity contribution is 5.85. The largest absolute Gasteiger partial charge is 0.312 e. The van der Waals surface area contributed by atoms with Gasteiger partial charge in [-0.3, -0.25) is 14.5 Å². The fourth-order valence-electron chi connectivity index (χ4n) is 2.92. The Balaban J connectivity index is 0.00000144. The van der Waals surface area contributed by atoms with Gasteiger partial charge in [-0.1, -0.05) is 12.1 Å². The molecule has 0 radical (unpaired) electrons. The molecule has 0 aliphatic carbocycles. The van der Waals surface area contributed by atoms with Gasteiger partial charge in [0.25, 0.3) is 5.56 Å². The lowest BCUT2D eigenvalue weighted by atomic mass is 10.1. The highest BCUT2D eigenvalue weighted by Crippen LogP contribution is 2.14. The first-order valence-electron chi connectivity index (χ1n) is 6.98. The van der Waals surface area contributed by atoms with Crippen LogP contribution in [0.4, 0.5) is 0 Å². The molecule has 3 aromatic rings. The van der Waals surface area contributed by atoms with Crippen LogP contribution in [0.2, 0.25) is 0 Å². The predicted octanol–water partition coefficient (Wildman–Crippen LogP) is 1.19. The summed E-state index contributed by atoms with van der Waals surface area (Å²) in [6, 6.07) is 7.66. The monoisotopic (exact) mass is 317 g/mol. The first-order valence-corrected chi connectivity index (χ1v) is 6.98. The van der Waals surface area contributed by atoms with E-state index in [1.165, 1.54) is 0 Å². The summed E-state index contributed by atoms with van der Waals surface area (Å²) in [7, 11) is 1.91. The van der Waals surface area contributed by atoms with Crippen molar-refractivity contribution in [2.45, 2.75) is 13.0 Å². The molecule has 4 rings (SSSR count). The van der Waals surface area contributed by atoms with E-state index in [0.717, 1.165) is 35.3 Å². The molecule has 1 aliphatic rings. The molecular formula is C15H16ClN5O. The van der Waals surface area contributed by atoms with Gasteiger partial charge in [0.1, 0.15) is 0 Å². The number of fused-ring (bicyclic) bond motifs is 2. The third kappa shape index (κ3) is 2.12. The fraction of sp³-hybridized carbons (Fsp3) is 0.267. The number of rotatable bonds is 1. The molecule has 6 nitrogen and oxygen atoms in total. The Labute approximate surface area is 133 Å². The van der Waals surface area contributed by atoms with E-state index >= 15 is 0 Å². The van der Waals surface area contributed by atoms with Gasteiger partial charge in [0, 0.05) is 32.3 Å². The van der Waals surface area contributed by atoms with Gasteiger partial charge in [-0.15, -0.1) is 12.4 Å².